The quantitative estimate of drug-likeness (QED) is 0.350. The van der Waals surface area contributed by atoms with E-state index in [1.807, 2.05) is 74.5 Å². The summed E-state index contributed by atoms with van der Waals surface area (Å²) in [6, 6.07) is 23.2. The predicted molar refractivity (Wildman–Crippen MR) is 125 cm³/mol. The molecule has 0 saturated carbocycles. The monoisotopic (exact) mass is 483 g/mol. The summed E-state index contributed by atoms with van der Waals surface area (Å²) in [5.74, 6) is 1.45. The first-order valence-corrected chi connectivity index (χ1v) is 11.0. The summed E-state index contributed by atoms with van der Waals surface area (Å²) in [6.45, 7) is 5.73. The van der Waals surface area contributed by atoms with E-state index in [4.69, 9.17) is 14.2 Å². The van der Waals surface area contributed by atoms with E-state index in [-0.39, 0.29) is 0 Å². The molecule has 0 radical (unpaired) electrons. The molecular weight excluding hydrogens is 458 g/mol. The molecule has 3 aromatic carbocycles. The minimum atomic E-state index is -0.405. The molecule has 31 heavy (non-hydrogen) atoms. The topological polar surface area (TPSA) is 48.0 Å². The number of nitrogens with zero attached hydrogens (tertiary/aromatic N) is 1. The minimum Gasteiger partial charge on any atom is -0.485 e. The average Bonchev–Trinajstić information content (AvgIpc) is 2.80. The maximum atomic E-state index is 12.4. The second-order valence-electron chi connectivity index (χ2n) is 6.82. The van der Waals surface area contributed by atoms with E-state index in [0.29, 0.717) is 48.0 Å². The van der Waals surface area contributed by atoms with Crippen LogP contribution in [0.1, 0.15) is 25.0 Å². The van der Waals surface area contributed by atoms with Crippen LogP contribution in [-0.4, -0.2) is 24.1 Å². The van der Waals surface area contributed by atoms with Crippen LogP contribution >= 0.6 is 15.9 Å². The number of hydrogen-bond donors (Lipinski definition) is 0. The lowest BCUT2D eigenvalue weighted by Gasteiger charge is -2.20. The molecule has 0 spiro atoms. The summed E-state index contributed by atoms with van der Waals surface area (Å²) < 4.78 is 18.3. The molecule has 0 aliphatic heterocycles. The fraction of sp³-hybridized carbons (Fsp3) is 0.240. The van der Waals surface area contributed by atoms with Crippen LogP contribution in [0.5, 0.6) is 17.2 Å². The zero-order valence-electron chi connectivity index (χ0n) is 17.7. The summed E-state index contributed by atoms with van der Waals surface area (Å²) >= 11 is 3.49. The lowest BCUT2D eigenvalue weighted by Crippen LogP contribution is -2.33. The van der Waals surface area contributed by atoms with Gasteiger partial charge in [-0.15, -0.1) is 0 Å². The molecule has 0 bridgehead atoms. The SMILES string of the molecule is CCN(CC)C(=O)Oc1cc(OCc2ccccc2)c(OCc2ccccc2)cc1Br. The average molecular weight is 484 g/mol. The Morgan fingerprint density at radius 3 is 1.74 bits per heavy atom. The van der Waals surface area contributed by atoms with Gasteiger partial charge in [0.15, 0.2) is 17.2 Å². The fourth-order valence-electron chi connectivity index (χ4n) is 2.93. The molecule has 0 N–H and O–H groups in total. The number of rotatable bonds is 9. The first-order chi connectivity index (χ1) is 15.1. The first kappa shape index (κ1) is 22.7. The van der Waals surface area contributed by atoms with Gasteiger partial charge in [-0.2, -0.15) is 0 Å². The third kappa shape index (κ3) is 6.49. The molecule has 0 unspecified atom stereocenters. The first-order valence-electron chi connectivity index (χ1n) is 10.2. The van der Waals surface area contributed by atoms with Crippen LogP contribution in [0.3, 0.4) is 0 Å². The summed E-state index contributed by atoms with van der Waals surface area (Å²) in [4.78, 5) is 14.0. The van der Waals surface area contributed by atoms with Gasteiger partial charge in [-0.05, 0) is 40.9 Å². The summed E-state index contributed by atoms with van der Waals surface area (Å²) in [5.41, 5.74) is 2.07. The molecule has 0 aliphatic rings. The zero-order valence-corrected chi connectivity index (χ0v) is 19.3. The Morgan fingerprint density at radius 2 is 1.26 bits per heavy atom. The maximum Gasteiger partial charge on any atom is 0.415 e. The van der Waals surface area contributed by atoms with Gasteiger partial charge >= 0.3 is 6.09 Å². The van der Waals surface area contributed by atoms with Crippen molar-refractivity contribution in [2.24, 2.45) is 0 Å². The normalized spacial score (nSPS) is 10.4. The second kappa shape index (κ2) is 11.4. The van der Waals surface area contributed by atoms with E-state index in [2.05, 4.69) is 15.9 Å². The second-order valence-corrected chi connectivity index (χ2v) is 7.67. The van der Waals surface area contributed by atoms with Gasteiger partial charge in [0.1, 0.15) is 13.2 Å². The molecule has 162 valence electrons. The van der Waals surface area contributed by atoms with Crippen molar-refractivity contribution >= 4 is 22.0 Å². The van der Waals surface area contributed by atoms with Gasteiger partial charge in [-0.3, -0.25) is 0 Å². The number of hydrogen-bond acceptors (Lipinski definition) is 4. The van der Waals surface area contributed by atoms with Crippen LogP contribution in [0, 0.1) is 0 Å². The van der Waals surface area contributed by atoms with Gasteiger partial charge in [0.05, 0.1) is 4.47 Å². The van der Waals surface area contributed by atoms with E-state index in [1.165, 1.54) is 0 Å². The standard InChI is InChI=1S/C25H26BrNO4/c1-3-27(4-2)25(28)31-22-16-24(30-18-20-13-9-6-10-14-20)23(15-21(22)26)29-17-19-11-7-5-8-12-19/h5-16H,3-4,17-18H2,1-2H3. The lowest BCUT2D eigenvalue weighted by atomic mass is 10.2. The number of amides is 1. The molecule has 3 aromatic rings. The van der Waals surface area contributed by atoms with Crippen molar-refractivity contribution in [1.29, 1.82) is 0 Å². The predicted octanol–water partition coefficient (Wildman–Crippen LogP) is 6.45. The third-order valence-corrected chi connectivity index (χ3v) is 5.31. The van der Waals surface area contributed by atoms with Gasteiger partial charge in [-0.1, -0.05) is 60.7 Å². The summed E-state index contributed by atoms with van der Waals surface area (Å²) in [7, 11) is 0. The smallest absolute Gasteiger partial charge is 0.415 e. The van der Waals surface area contributed by atoms with E-state index >= 15 is 0 Å². The number of carbonyl (C=O) groups is 1. The third-order valence-electron chi connectivity index (χ3n) is 4.69. The highest BCUT2D eigenvalue weighted by molar-refractivity contribution is 9.10. The molecule has 0 heterocycles. The zero-order chi connectivity index (χ0) is 22.1. The molecule has 0 saturated heterocycles. The van der Waals surface area contributed by atoms with Crippen molar-refractivity contribution in [1.82, 2.24) is 4.90 Å². The molecule has 5 nitrogen and oxygen atoms in total. The number of carbonyl (C=O) groups excluding carboxylic acids is 1. The van der Waals surface area contributed by atoms with Crippen molar-refractivity contribution in [2.45, 2.75) is 27.1 Å². The maximum absolute atomic E-state index is 12.4. The number of halogens is 1. The van der Waals surface area contributed by atoms with Crippen LogP contribution in [0.2, 0.25) is 0 Å². The molecule has 6 heteroatoms. The molecule has 1 amide bonds. The van der Waals surface area contributed by atoms with Crippen LogP contribution in [-0.2, 0) is 13.2 Å². The van der Waals surface area contributed by atoms with Crippen molar-refractivity contribution in [3.8, 4) is 17.2 Å². The Labute approximate surface area is 191 Å². The largest absolute Gasteiger partial charge is 0.485 e. The van der Waals surface area contributed by atoms with Gasteiger partial charge in [-0.25, -0.2) is 4.79 Å². The Kier molecular flexibility index (Phi) is 8.35. The number of benzene rings is 3. The highest BCUT2D eigenvalue weighted by atomic mass is 79.9. The van der Waals surface area contributed by atoms with Gasteiger partial charge in [0.25, 0.3) is 0 Å². The van der Waals surface area contributed by atoms with E-state index in [9.17, 15) is 4.79 Å². The van der Waals surface area contributed by atoms with E-state index in [1.54, 1.807) is 17.0 Å². The Bertz CT molecular complexity index is 976. The summed E-state index contributed by atoms with van der Waals surface area (Å²) in [6.07, 6.45) is -0.405. The van der Waals surface area contributed by atoms with Crippen molar-refractivity contribution in [3.63, 3.8) is 0 Å². The van der Waals surface area contributed by atoms with E-state index < -0.39 is 6.09 Å². The lowest BCUT2D eigenvalue weighted by molar-refractivity contribution is 0.156. The molecule has 0 aromatic heterocycles. The van der Waals surface area contributed by atoms with Gasteiger partial charge in [0.2, 0.25) is 0 Å². The van der Waals surface area contributed by atoms with Gasteiger partial charge < -0.3 is 19.1 Å². The van der Waals surface area contributed by atoms with Crippen molar-refractivity contribution in [3.05, 3.63) is 88.4 Å². The molecule has 0 aliphatic carbocycles. The number of ether oxygens (including phenoxy) is 3. The Morgan fingerprint density at radius 1 is 0.774 bits per heavy atom. The Balaban J connectivity index is 1.83. The molecule has 0 fully saturated rings. The highest BCUT2D eigenvalue weighted by Gasteiger charge is 2.18. The Hall–Kier alpha value is -2.99. The van der Waals surface area contributed by atoms with Crippen LogP contribution in [0.25, 0.3) is 0 Å². The van der Waals surface area contributed by atoms with Crippen LogP contribution in [0.15, 0.2) is 77.3 Å². The highest BCUT2D eigenvalue weighted by Crippen LogP contribution is 2.39. The van der Waals surface area contributed by atoms with Crippen molar-refractivity contribution < 1.29 is 19.0 Å². The van der Waals surface area contributed by atoms with E-state index in [0.717, 1.165) is 11.1 Å². The summed E-state index contributed by atoms with van der Waals surface area (Å²) in [5, 5.41) is 0. The minimum absolute atomic E-state index is 0.369. The molecular formula is C25H26BrNO4. The molecule has 3 rings (SSSR count). The van der Waals surface area contributed by atoms with Crippen LogP contribution in [0.4, 0.5) is 4.79 Å². The fourth-order valence-corrected chi connectivity index (χ4v) is 3.33. The van der Waals surface area contributed by atoms with Crippen LogP contribution < -0.4 is 14.2 Å². The molecule has 0 atom stereocenters. The van der Waals surface area contributed by atoms with Crippen molar-refractivity contribution in [2.75, 3.05) is 13.1 Å². The van der Waals surface area contributed by atoms with Gasteiger partial charge in [0, 0.05) is 25.2 Å².